The molecule has 0 bridgehead atoms. The molecule has 0 saturated heterocycles. The standard InChI is InChI=1S/C11H16BO.C3H8O.2C2H6O.C2H6.CH4O/c1-3-10-5-7-11(8-6-10)9-12-13-4-2;1-3-4-2;2*1-2-3;2*1-2/h5-8H,3-4,9H2,1-2H3;3H2,1-2H3;2*3H,2H2,1H3;1-2H3;2H,1H3. The maximum atomic E-state index is 7.57. The molecular formula is C21H46BO5. The Morgan fingerprint density at radius 1 is 0.778 bits per heavy atom. The lowest BCUT2D eigenvalue weighted by Crippen LogP contribution is -2.02. The molecule has 0 aliphatic heterocycles. The molecule has 0 heterocycles. The molecule has 163 valence electrons. The summed E-state index contributed by atoms with van der Waals surface area (Å²) < 4.78 is 9.71. The molecule has 0 atom stereocenters. The number of aliphatic hydroxyl groups is 3. The van der Waals surface area contributed by atoms with Gasteiger partial charge in [0, 0.05) is 40.6 Å². The van der Waals surface area contributed by atoms with Crippen molar-refractivity contribution in [2.75, 3.05) is 40.6 Å². The Morgan fingerprint density at radius 3 is 1.37 bits per heavy atom. The van der Waals surface area contributed by atoms with Gasteiger partial charge in [0.2, 0.25) is 0 Å². The van der Waals surface area contributed by atoms with Gasteiger partial charge >= 0.3 is 0 Å². The fraction of sp³-hybridized carbons (Fsp3) is 0.714. The SMILES string of the molecule is CC.CCO.CCO.CCOC.CCO[B]Cc1ccc(CC)cc1.CO. The van der Waals surface area contributed by atoms with E-state index >= 15 is 0 Å². The van der Waals surface area contributed by atoms with Crippen LogP contribution in [0, 0.1) is 0 Å². The summed E-state index contributed by atoms with van der Waals surface area (Å²) in [5.74, 6) is 0. The van der Waals surface area contributed by atoms with Gasteiger partial charge in [0.15, 0.2) is 0 Å². The van der Waals surface area contributed by atoms with Gasteiger partial charge in [0.25, 0.3) is 7.48 Å². The molecule has 0 aliphatic rings. The summed E-state index contributed by atoms with van der Waals surface area (Å²) >= 11 is 0. The van der Waals surface area contributed by atoms with Crippen LogP contribution in [0.1, 0.15) is 59.6 Å². The molecule has 3 N–H and O–H groups in total. The van der Waals surface area contributed by atoms with E-state index in [2.05, 4.69) is 35.9 Å². The minimum Gasteiger partial charge on any atom is -0.440 e. The fourth-order valence-corrected chi connectivity index (χ4v) is 1.18. The predicted molar refractivity (Wildman–Crippen MR) is 119 cm³/mol. The number of ether oxygens (including phenoxy) is 1. The monoisotopic (exact) mass is 389 g/mol. The third kappa shape index (κ3) is 45.8. The van der Waals surface area contributed by atoms with Crippen LogP contribution in [-0.2, 0) is 22.1 Å². The van der Waals surface area contributed by atoms with E-state index in [0.29, 0.717) is 0 Å². The average Bonchev–Trinajstić information content (AvgIpc) is 2.73. The topological polar surface area (TPSA) is 79.2 Å². The van der Waals surface area contributed by atoms with Crippen molar-refractivity contribution in [1.29, 1.82) is 0 Å². The van der Waals surface area contributed by atoms with Gasteiger partial charge in [-0.2, -0.15) is 0 Å². The molecule has 1 rings (SSSR count). The summed E-state index contributed by atoms with van der Waals surface area (Å²) in [6, 6.07) is 8.67. The van der Waals surface area contributed by atoms with E-state index in [9.17, 15) is 0 Å². The molecule has 0 aromatic heterocycles. The molecule has 0 fully saturated rings. The van der Waals surface area contributed by atoms with Gasteiger partial charge in [0.1, 0.15) is 0 Å². The highest BCUT2D eigenvalue weighted by atomic mass is 16.5. The molecule has 5 nitrogen and oxygen atoms in total. The highest BCUT2D eigenvalue weighted by Gasteiger charge is 1.95. The Bertz CT molecular complexity index is 291. The largest absolute Gasteiger partial charge is 0.440 e. The van der Waals surface area contributed by atoms with E-state index < -0.39 is 0 Å². The number of rotatable bonds is 6. The third-order valence-electron chi connectivity index (χ3n) is 2.32. The molecule has 1 radical (unpaired) electrons. The van der Waals surface area contributed by atoms with Crippen molar-refractivity contribution in [3.63, 3.8) is 0 Å². The van der Waals surface area contributed by atoms with Gasteiger partial charge in [-0.15, -0.1) is 0 Å². The molecule has 0 spiro atoms. The van der Waals surface area contributed by atoms with Gasteiger partial charge in [0.05, 0.1) is 0 Å². The Hall–Kier alpha value is -0.915. The van der Waals surface area contributed by atoms with E-state index in [4.69, 9.17) is 20.0 Å². The Balaban J connectivity index is -0.0000000957. The minimum absolute atomic E-state index is 0.250. The van der Waals surface area contributed by atoms with Crippen LogP contribution in [0.4, 0.5) is 0 Å². The molecule has 0 unspecified atom stereocenters. The Labute approximate surface area is 170 Å². The first-order valence-corrected chi connectivity index (χ1v) is 9.77. The number of hydrogen-bond acceptors (Lipinski definition) is 5. The zero-order valence-electron chi connectivity index (χ0n) is 19.3. The van der Waals surface area contributed by atoms with Gasteiger partial charge in [-0.05, 0) is 46.0 Å². The van der Waals surface area contributed by atoms with Crippen molar-refractivity contribution in [3.05, 3.63) is 35.4 Å². The summed E-state index contributed by atoms with van der Waals surface area (Å²) in [7, 11) is 4.54. The predicted octanol–water partition coefficient (Wildman–Crippen LogP) is 3.69. The van der Waals surface area contributed by atoms with Gasteiger partial charge < -0.3 is 24.7 Å². The van der Waals surface area contributed by atoms with Crippen LogP contribution in [0.15, 0.2) is 24.3 Å². The van der Waals surface area contributed by atoms with Gasteiger partial charge in [-0.25, -0.2) is 0 Å². The van der Waals surface area contributed by atoms with Crippen molar-refractivity contribution in [2.45, 2.75) is 61.2 Å². The third-order valence-corrected chi connectivity index (χ3v) is 2.32. The zero-order chi connectivity index (χ0) is 22.3. The molecular weight excluding hydrogens is 343 g/mol. The van der Waals surface area contributed by atoms with Crippen LogP contribution in [0.25, 0.3) is 0 Å². The maximum Gasteiger partial charge on any atom is 0.297 e. The van der Waals surface area contributed by atoms with Crippen LogP contribution in [0.3, 0.4) is 0 Å². The van der Waals surface area contributed by atoms with E-state index in [-0.39, 0.29) is 13.2 Å². The minimum atomic E-state index is 0.250. The van der Waals surface area contributed by atoms with Crippen molar-refractivity contribution in [2.24, 2.45) is 0 Å². The maximum absolute atomic E-state index is 7.57. The van der Waals surface area contributed by atoms with Crippen molar-refractivity contribution >= 4 is 7.48 Å². The van der Waals surface area contributed by atoms with E-state index in [1.54, 1.807) is 21.0 Å². The summed E-state index contributed by atoms with van der Waals surface area (Å²) in [4.78, 5) is 0. The molecule has 6 heteroatoms. The second-order valence-electron chi connectivity index (χ2n) is 4.21. The van der Waals surface area contributed by atoms with Crippen LogP contribution in [-0.4, -0.2) is 63.4 Å². The smallest absolute Gasteiger partial charge is 0.297 e. The lowest BCUT2D eigenvalue weighted by Gasteiger charge is -2.01. The van der Waals surface area contributed by atoms with Crippen molar-refractivity contribution < 1.29 is 24.7 Å². The first kappa shape index (κ1) is 36.9. The number of aryl methyl sites for hydroxylation is 1. The lowest BCUT2D eigenvalue weighted by molar-refractivity contribution is 0.215. The van der Waals surface area contributed by atoms with Gasteiger partial charge in [-0.3, -0.25) is 0 Å². The number of methoxy groups -OCH3 is 1. The number of benzene rings is 1. The van der Waals surface area contributed by atoms with E-state index in [1.165, 1.54) is 11.1 Å². The quantitative estimate of drug-likeness (QED) is 0.511. The molecule has 0 aliphatic carbocycles. The van der Waals surface area contributed by atoms with E-state index in [0.717, 1.165) is 33.1 Å². The Morgan fingerprint density at radius 2 is 1.11 bits per heavy atom. The molecule has 27 heavy (non-hydrogen) atoms. The zero-order valence-corrected chi connectivity index (χ0v) is 19.3. The summed E-state index contributed by atoms with van der Waals surface area (Å²) in [5.41, 5.74) is 2.70. The van der Waals surface area contributed by atoms with Crippen LogP contribution in [0.2, 0.25) is 0 Å². The lowest BCUT2D eigenvalue weighted by atomic mass is 9.89. The van der Waals surface area contributed by atoms with Crippen LogP contribution in [0.5, 0.6) is 0 Å². The van der Waals surface area contributed by atoms with Crippen molar-refractivity contribution in [1.82, 2.24) is 0 Å². The van der Waals surface area contributed by atoms with Crippen LogP contribution < -0.4 is 0 Å². The molecule has 0 saturated carbocycles. The molecule has 1 aromatic carbocycles. The highest BCUT2D eigenvalue weighted by Crippen LogP contribution is 2.05. The second-order valence-corrected chi connectivity index (χ2v) is 4.21. The first-order chi connectivity index (χ1) is 13.1. The summed E-state index contributed by atoms with van der Waals surface area (Å²) in [5, 5.41) is 22.1. The van der Waals surface area contributed by atoms with Gasteiger partial charge in [-0.1, -0.05) is 50.6 Å². The molecule has 1 aromatic rings. The van der Waals surface area contributed by atoms with E-state index in [1.807, 2.05) is 35.2 Å². The Kier molecular flexibility index (Phi) is 60.8. The summed E-state index contributed by atoms with van der Waals surface area (Å²) in [6.45, 7) is 15.6. The van der Waals surface area contributed by atoms with Crippen LogP contribution >= 0.6 is 0 Å². The number of hydrogen-bond donors (Lipinski definition) is 3. The fourth-order valence-electron chi connectivity index (χ4n) is 1.18. The normalized spacial score (nSPS) is 7.70. The number of aliphatic hydroxyl groups excluding tert-OH is 3. The first-order valence-electron chi connectivity index (χ1n) is 9.77. The molecule has 0 amide bonds. The average molecular weight is 389 g/mol. The van der Waals surface area contributed by atoms with Crippen molar-refractivity contribution in [3.8, 4) is 0 Å². The highest BCUT2D eigenvalue weighted by molar-refractivity contribution is 6.26. The second kappa shape index (κ2) is 44.5. The summed E-state index contributed by atoms with van der Waals surface area (Å²) in [6.07, 6.45) is 2.01.